The Balaban J connectivity index is 2.48. The third-order valence-electron chi connectivity index (χ3n) is 2.20. The van der Waals surface area contributed by atoms with E-state index < -0.39 is 0 Å². The number of rotatable bonds is 1. The summed E-state index contributed by atoms with van der Waals surface area (Å²) in [6, 6.07) is 7.38. The van der Waals surface area contributed by atoms with E-state index in [0.717, 1.165) is 17.5 Å². The highest BCUT2D eigenvalue weighted by Crippen LogP contribution is 2.29. The number of hydrogen-bond acceptors (Lipinski definition) is 2. The maximum atomic E-state index is 11.1. The number of benzene rings is 1. The molecule has 66 valence electrons. The van der Waals surface area contributed by atoms with E-state index in [4.69, 9.17) is 0 Å². The number of carbonyl (C=O) groups excluding carboxylic acids is 2. The lowest BCUT2D eigenvalue weighted by Crippen LogP contribution is -2.23. The largest absolute Gasteiger partial charge is 0.326 e. The minimum Gasteiger partial charge on any atom is -0.326 e. The van der Waals surface area contributed by atoms with Gasteiger partial charge < -0.3 is 10.1 Å². The number of fused-ring (bicyclic) bond motifs is 1. The summed E-state index contributed by atoms with van der Waals surface area (Å²) in [7, 11) is 0. The molecule has 0 radical (unpaired) electrons. The van der Waals surface area contributed by atoms with Crippen LogP contribution in [-0.2, 0) is 9.59 Å². The van der Waals surface area contributed by atoms with Gasteiger partial charge in [-0.2, -0.15) is 0 Å². The summed E-state index contributed by atoms with van der Waals surface area (Å²) in [4.78, 5) is 21.8. The predicted octanol–water partition coefficient (Wildman–Crippen LogP) is 1.31. The maximum Gasteiger partial charge on any atom is 0.225 e. The average Bonchev–Trinajstić information content (AvgIpc) is 2.16. The molecule has 0 saturated heterocycles. The van der Waals surface area contributed by atoms with Crippen LogP contribution >= 0.6 is 0 Å². The van der Waals surface area contributed by atoms with Crippen molar-refractivity contribution >= 4 is 17.9 Å². The standard InChI is InChI=1S/C10H9NO2/c12-6-7-5-10(13)11-9-4-2-1-3-8(7)9/h1-4,6-7H,5H2,(H,11,13). The van der Waals surface area contributed by atoms with Gasteiger partial charge in [0.15, 0.2) is 0 Å². The second-order valence-corrected chi connectivity index (χ2v) is 3.08. The SMILES string of the molecule is O=CC1CC(=O)Nc2ccccc21. The molecule has 1 aromatic rings. The Kier molecular flexibility index (Phi) is 1.85. The minimum atomic E-state index is -0.273. The maximum absolute atomic E-state index is 11.1. The van der Waals surface area contributed by atoms with E-state index in [1.165, 1.54) is 0 Å². The minimum absolute atomic E-state index is 0.0872. The molecule has 1 aliphatic heterocycles. The van der Waals surface area contributed by atoms with Crippen molar-refractivity contribution in [3.05, 3.63) is 29.8 Å². The molecule has 1 amide bonds. The molecule has 3 heteroatoms. The van der Waals surface area contributed by atoms with Gasteiger partial charge in [-0.25, -0.2) is 0 Å². The summed E-state index contributed by atoms with van der Waals surface area (Å²) in [6.07, 6.45) is 1.10. The van der Waals surface area contributed by atoms with E-state index in [2.05, 4.69) is 5.32 Å². The molecule has 1 unspecified atom stereocenters. The van der Waals surface area contributed by atoms with Crippen molar-refractivity contribution in [2.24, 2.45) is 0 Å². The smallest absolute Gasteiger partial charge is 0.225 e. The summed E-state index contributed by atoms with van der Waals surface area (Å²) < 4.78 is 0. The van der Waals surface area contributed by atoms with Crippen LogP contribution in [0.3, 0.4) is 0 Å². The second kappa shape index (κ2) is 3.01. The fourth-order valence-electron chi connectivity index (χ4n) is 1.57. The molecule has 0 saturated carbocycles. The average molecular weight is 175 g/mol. The number of anilines is 1. The number of aldehydes is 1. The molecule has 1 N–H and O–H groups in total. The van der Waals surface area contributed by atoms with Crippen LogP contribution in [0.5, 0.6) is 0 Å². The highest BCUT2D eigenvalue weighted by atomic mass is 16.2. The molecular formula is C10H9NO2. The normalized spacial score (nSPS) is 20.3. The molecule has 13 heavy (non-hydrogen) atoms. The van der Waals surface area contributed by atoms with Gasteiger partial charge in [-0.3, -0.25) is 4.79 Å². The Hall–Kier alpha value is -1.64. The highest BCUT2D eigenvalue weighted by molar-refractivity contribution is 5.97. The lowest BCUT2D eigenvalue weighted by molar-refractivity contribution is -0.119. The van der Waals surface area contributed by atoms with Crippen LogP contribution in [0.1, 0.15) is 17.9 Å². The molecule has 2 rings (SSSR count). The molecule has 1 atom stereocenters. The zero-order valence-corrected chi connectivity index (χ0v) is 6.99. The van der Waals surface area contributed by atoms with Crippen LogP contribution in [-0.4, -0.2) is 12.2 Å². The van der Waals surface area contributed by atoms with Gasteiger partial charge in [0.25, 0.3) is 0 Å². The van der Waals surface area contributed by atoms with Crippen molar-refractivity contribution in [3.8, 4) is 0 Å². The van der Waals surface area contributed by atoms with Crippen molar-refractivity contribution in [3.63, 3.8) is 0 Å². The molecule has 3 nitrogen and oxygen atoms in total. The Morgan fingerprint density at radius 1 is 1.38 bits per heavy atom. The van der Waals surface area contributed by atoms with E-state index in [1.54, 1.807) is 0 Å². The zero-order valence-electron chi connectivity index (χ0n) is 6.99. The summed E-state index contributed by atoms with van der Waals surface area (Å²) in [5, 5.41) is 2.73. The first kappa shape index (κ1) is 7.98. The van der Waals surface area contributed by atoms with Crippen LogP contribution in [0.4, 0.5) is 5.69 Å². The van der Waals surface area contributed by atoms with Crippen molar-refractivity contribution in [2.45, 2.75) is 12.3 Å². The molecule has 0 bridgehead atoms. The summed E-state index contributed by atoms with van der Waals surface area (Å²) in [6.45, 7) is 0. The highest BCUT2D eigenvalue weighted by Gasteiger charge is 2.23. The van der Waals surface area contributed by atoms with Gasteiger partial charge in [-0.1, -0.05) is 18.2 Å². The van der Waals surface area contributed by atoms with Crippen molar-refractivity contribution in [2.75, 3.05) is 5.32 Å². The number of amides is 1. The van der Waals surface area contributed by atoms with Crippen LogP contribution in [0.2, 0.25) is 0 Å². The van der Waals surface area contributed by atoms with Gasteiger partial charge in [-0.05, 0) is 11.6 Å². The first-order chi connectivity index (χ1) is 6.31. The van der Waals surface area contributed by atoms with Crippen LogP contribution < -0.4 is 5.32 Å². The Morgan fingerprint density at radius 2 is 2.15 bits per heavy atom. The first-order valence-electron chi connectivity index (χ1n) is 4.15. The van der Waals surface area contributed by atoms with E-state index in [0.29, 0.717) is 0 Å². The number of carbonyl (C=O) groups is 2. The molecule has 0 aromatic heterocycles. The number of hydrogen-bond donors (Lipinski definition) is 1. The number of para-hydroxylation sites is 1. The monoisotopic (exact) mass is 175 g/mol. The molecule has 0 aliphatic carbocycles. The van der Waals surface area contributed by atoms with Crippen molar-refractivity contribution in [1.82, 2.24) is 0 Å². The van der Waals surface area contributed by atoms with Crippen molar-refractivity contribution < 1.29 is 9.59 Å². The fraction of sp³-hybridized carbons (Fsp3) is 0.200. The van der Waals surface area contributed by atoms with Crippen LogP contribution in [0, 0.1) is 0 Å². The van der Waals surface area contributed by atoms with Crippen LogP contribution in [0.25, 0.3) is 0 Å². The third-order valence-corrected chi connectivity index (χ3v) is 2.20. The van der Waals surface area contributed by atoms with E-state index in [1.807, 2.05) is 24.3 Å². The summed E-state index contributed by atoms with van der Waals surface area (Å²) >= 11 is 0. The third kappa shape index (κ3) is 1.33. The molecule has 1 aliphatic rings. The van der Waals surface area contributed by atoms with Gasteiger partial charge in [0.05, 0.1) is 5.92 Å². The van der Waals surface area contributed by atoms with Gasteiger partial charge in [-0.15, -0.1) is 0 Å². The quantitative estimate of drug-likeness (QED) is 0.654. The fourth-order valence-corrected chi connectivity index (χ4v) is 1.57. The Bertz CT molecular complexity index is 360. The summed E-state index contributed by atoms with van der Waals surface area (Å²) in [5.74, 6) is -0.360. The summed E-state index contributed by atoms with van der Waals surface area (Å²) in [5.41, 5.74) is 1.67. The van der Waals surface area contributed by atoms with E-state index >= 15 is 0 Å². The van der Waals surface area contributed by atoms with Crippen LogP contribution in [0.15, 0.2) is 24.3 Å². The number of nitrogens with one attached hydrogen (secondary N) is 1. The zero-order chi connectivity index (χ0) is 9.26. The van der Waals surface area contributed by atoms with E-state index in [9.17, 15) is 9.59 Å². The molecule has 0 spiro atoms. The van der Waals surface area contributed by atoms with Gasteiger partial charge >= 0.3 is 0 Å². The molecule has 1 heterocycles. The molecule has 1 aromatic carbocycles. The van der Waals surface area contributed by atoms with E-state index in [-0.39, 0.29) is 18.2 Å². The lowest BCUT2D eigenvalue weighted by atomic mass is 9.92. The van der Waals surface area contributed by atoms with Gasteiger partial charge in [0.2, 0.25) is 5.91 Å². The first-order valence-corrected chi connectivity index (χ1v) is 4.15. The second-order valence-electron chi connectivity index (χ2n) is 3.08. The Labute approximate surface area is 75.8 Å². The van der Waals surface area contributed by atoms with Gasteiger partial charge in [0.1, 0.15) is 6.29 Å². The molecular weight excluding hydrogens is 166 g/mol. The van der Waals surface area contributed by atoms with Gasteiger partial charge in [0, 0.05) is 12.1 Å². The lowest BCUT2D eigenvalue weighted by Gasteiger charge is -2.20. The Morgan fingerprint density at radius 3 is 2.92 bits per heavy atom. The van der Waals surface area contributed by atoms with Crippen molar-refractivity contribution in [1.29, 1.82) is 0 Å². The topological polar surface area (TPSA) is 46.2 Å². The predicted molar refractivity (Wildman–Crippen MR) is 48.5 cm³/mol. The molecule has 0 fully saturated rings.